The first-order chi connectivity index (χ1) is 13.2. The van der Waals surface area contributed by atoms with Crippen LogP contribution in [0.25, 0.3) is 0 Å². The highest BCUT2D eigenvalue weighted by Crippen LogP contribution is 2.35. The van der Waals surface area contributed by atoms with Gasteiger partial charge in [0.1, 0.15) is 6.04 Å². The Morgan fingerprint density at radius 1 is 1.00 bits per heavy atom. The van der Waals surface area contributed by atoms with Gasteiger partial charge in [-0.15, -0.1) is 6.58 Å². The van der Waals surface area contributed by atoms with Crippen molar-refractivity contribution in [3.05, 3.63) is 12.7 Å². The van der Waals surface area contributed by atoms with E-state index < -0.39 is 23.8 Å². The van der Waals surface area contributed by atoms with Crippen molar-refractivity contribution in [2.24, 2.45) is 23.2 Å². The second-order valence-corrected chi connectivity index (χ2v) is 7.82. The molecule has 0 saturated heterocycles. The van der Waals surface area contributed by atoms with Gasteiger partial charge in [0, 0.05) is 7.05 Å². The fourth-order valence-corrected chi connectivity index (χ4v) is 3.93. The summed E-state index contributed by atoms with van der Waals surface area (Å²) in [5.74, 6) is -2.49. The Bertz CT molecular complexity index is 521. The third-order valence-electron chi connectivity index (χ3n) is 5.94. The minimum Gasteiger partial charge on any atom is -0.357 e. The molecule has 0 fully saturated rings. The first kappa shape index (κ1) is 26.1. The summed E-state index contributed by atoms with van der Waals surface area (Å²) in [6.45, 7) is 13.6. The summed E-state index contributed by atoms with van der Waals surface area (Å²) in [6.07, 6.45) is 4.48. The molecule has 162 valence electrons. The molecule has 3 unspecified atom stereocenters. The second kappa shape index (κ2) is 12.5. The van der Waals surface area contributed by atoms with Crippen LogP contribution in [0.5, 0.6) is 0 Å². The molecule has 0 saturated carbocycles. The van der Waals surface area contributed by atoms with E-state index in [4.69, 9.17) is 5.21 Å². The van der Waals surface area contributed by atoms with Gasteiger partial charge in [-0.25, -0.2) is 5.48 Å². The molecule has 7 heteroatoms. The summed E-state index contributed by atoms with van der Waals surface area (Å²) in [5, 5.41) is 14.7. The van der Waals surface area contributed by atoms with Gasteiger partial charge in [0.05, 0.1) is 11.8 Å². The van der Waals surface area contributed by atoms with Gasteiger partial charge in [0.2, 0.25) is 17.7 Å². The van der Waals surface area contributed by atoms with Crippen LogP contribution in [0.1, 0.15) is 66.7 Å². The zero-order valence-electron chi connectivity index (χ0n) is 18.3. The van der Waals surface area contributed by atoms with Gasteiger partial charge in [-0.05, 0) is 43.4 Å². The van der Waals surface area contributed by atoms with E-state index in [1.165, 1.54) is 0 Å². The summed E-state index contributed by atoms with van der Waals surface area (Å²) in [7, 11) is 1.55. The molecule has 0 heterocycles. The van der Waals surface area contributed by atoms with E-state index in [1.807, 2.05) is 34.6 Å². The van der Waals surface area contributed by atoms with Crippen molar-refractivity contribution in [1.29, 1.82) is 0 Å². The molecule has 3 atom stereocenters. The summed E-state index contributed by atoms with van der Waals surface area (Å²) in [6, 6.07) is -0.693. The number of nitrogens with one attached hydrogen (secondary N) is 3. The minimum absolute atomic E-state index is 0.154. The quantitative estimate of drug-likeness (QED) is 0.218. The van der Waals surface area contributed by atoms with Crippen LogP contribution >= 0.6 is 0 Å². The molecular formula is C21H39N3O4. The van der Waals surface area contributed by atoms with Crippen molar-refractivity contribution >= 4 is 17.7 Å². The highest BCUT2D eigenvalue weighted by Gasteiger charge is 2.42. The number of hydrogen-bond acceptors (Lipinski definition) is 4. The van der Waals surface area contributed by atoms with E-state index in [1.54, 1.807) is 18.6 Å². The summed E-state index contributed by atoms with van der Waals surface area (Å²) in [4.78, 5) is 38.1. The van der Waals surface area contributed by atoms with Crippen LogP contribution in [0.15, 0.2) is 12.7 Å². The number of rotatable bonds is 13. The van der Waals surface area contributed by atoms with E-state index in [2.05, 4.69) is 17.2 Å². The maximum Gasteiger partial charge on any atom is 0.247 e. The zero-order valence-corrected chi connectivity index (χ0v) is 18.3. The van der Waals surface area contributed by atoms with E-state index in [0.717, 1.165) is 19.3 Å². The second-order valence-electron chi connectivity index (χ2n) is 7.82. The Morgan fingerprint density at radius 2 is 1.54 bits per heavy atom. The highest BCUT2D eigenvalue weighted by atomic mass is 16.5. The first-order valence-corrected chi connectivity index (χ1v) is 10.2. The molecule has 0 aromatic rings. The number of carbonyl (C=O) groups is 3. The Kier molecular flexibility index (Phi) is 11.7. The predicted molar refractivity (Wildman–Crippen MR) is 110 cm³/mol. The molecule has 4 N–H and O–H groups in total. The molecule has 0 bridgehead atoms. The van der Waals surface area contributed by atoms with Crippen molar-refractivity contribution in [2.75, 3.05) is 7.05 Å². The van der Waals surface area contributed by atoms with Crippen molar-refractivity contribution in [1.82, 2.24) is 16.1 Å². The lowest BCUT2D eigenvalue weighted by Crippen LogP contribution is -2.57. The molecule has 0 aliphatic heterocycles. The molecule has 0 aliphatic rings. The Hall–Kier alpha value is -1.89. The van der Waals surface area contributed by atoms with Crippen LogP contribution in [0, 0.1) is 23.2 Å². The van der Waals surface area contributed by atoms with Crippen molar-refractivity contribution in [2.45, 2.75) is 72.8 Å². The Balaban J connectivity index is 5.96. The molecule has 0 rings (SSSR count). The van der Waals surface area contributed by atoms with Gasteiger partial charge in [-0.2, -0.15) is 0 Å². The van der Waals surface area contributed by atoms with E-state index in [9.17, 15) is 14.4 Å². The first-order valence-electron chi connectivity index (χ1n) is 10.2. The van der Waals surface area contributed by atoms with Gasteiger partial charge in [0.25, 0.3) is 0 Å². The lowest BCUT2D eigenvalue weighted by Gasteiger charge is -2.39. The topological polar surface area (TPSA) is 108 Å². The normalized spacial score (nSPS) is 14.7. The molecule has 0 spiro atoms. The van der Waals surface area contributed by atoms with Crippen molar-refractivity contribution in [3.63, 3.8) is 0 Å². The van der Waals surface area contributed by atoms with Crippen molar-refractivity contribution in [3.8, 4) is 0 Å². The summed E-state index contributed by atoms with van der Waals surface area (Å²) in [5.41, 5.74) is 1.29. The maximum atomic E-state index is 13.3. The Labute approximate surface area is 169 Å². The number of amides is 3. The molecule has 28 heavy (non-hydrogen) atoms. The molecule has 7 nitrogen and oxygen atoms in total. The van der Waals surface area contributed by atoms with Gasteiger partial charge in [0.15, 0.2) is 0 Å². The summed E-state index contributed by atoms with van der Waals surface area (Å²) >= 11 is 0. The molecular weight excluding hydrogens is 358 g/mol. The summed E-state index contributed by atoms with van der Waals surface area (Å²) < 4.78 is 0. The van der Waals surface area contributed by atoms with Crippen LogP contribution in [0.2, 0.25) is 0 Å². The number of likely N-dealkylation sites (N-methyl/N-ethyl adjacent to an activating group) is 1. The van der Waals surface area contributed by atoms with Gasteiger partial charge in [-0.3, -0.25) is 19.6 Å². The Morgan fingerprint density at radius 3 is 1.89 bits per heavy atom. The number of allylic oxidation sites excluding steroid dienone is 1. The fraction of sp³-hybridized carbons (Fsp3) is 0.762. The van der Waals surface area contributed by atoms with Crippen molar-refractivity contribution < 1.29 is 19.6 Å². The van der Waals surface area contributed by atoms with E-state index in [-0.39, 0.29) is 29.6 Å². The zero-order chi connectivity index (χ0) is 21.9. The fourth-order valence-electron chi connectivity index (χ4n) is 3.93. The van der Waals surface area contributed by atoms with Crippen LogP contribution in [0.4, 0.5) is 0 Å². The third-order valence-corrected chi connectivity index (χ3v) is 5.94. The van der Waals surface area contributed by atoms with Crippen LogP contribution in [-0.2, 0) is 14.4 Å². The lowest BCUT2D eigenvalue weighted by molar-refractivity contribution is -0.142. The predicted octanol–water partition coefficient (Wildman–Crippen LogP) is 2.79. The average molecular weight is 398 g/mol. The largest absolute Gasteiger partial charge is 0.357 e. The molecule has 0 radical (unpaired) electrons. The SMILES string of the molecule is C=CCC(C(=O)NO)C(CC(C)C)C(=O)NC(C(=O)NC)C(CC)(CC)CC. The minimum atomic E-state index is -0.755. The number of hydrogen-bond donors (Lipinski definition) is 4. The van der Waals surface area contributed by atoms with Gasteiger partial charge < -0.3 is 10.6 Å². The lowest BCUT2D eigenvalue weighted by atomic mass is 9.72. The molecule has 3 amide bonds. The standard InChI is InChI=1S/C21H39N3O4/c1-8-12-15(19(26)24-28)16(13-14(5)6)18(25)23-17(20(27)22-7)21(9-2,10-3)11-4/h8,14-17,28H,1,9-13H2,2-7H3,(H,22,27)(H,23,25)(H,24,26). The molecule has 0 aromatic heterocycles. The van der Waals surface area contributed by atoms with Crippen LogP contribution < -0.4 is 16.1 Å². The smallest absolute Gasteiger partial charge is 0.247 e. The van der Waals surface area contributed by atoms with Crippen LogP contribution in [0.3, 0.4) is 0 Å². The van der Waals surface area contributed by atoms with Gasteiger partial charge in [-0.1, -0.05) is 40.7 Å². The van der Waals surface area contributed by atoms with E-state index >= 15 is 0 Å². The molecule has 0 aromatic carbocycles. The number of hydroxylamine groups is 1. The maximum absolute atomic E-state index is 13.3. The van der Waals surface area contributed by atoms with Gasteiger partial charge >= 0.3 is 0 Å². The monoisotopic (exact) mass is 397 g/mol. The van der Waals surface area contributed by atoms with E-state index in [0.29, 0.717) is 6.42 Å². The number of carbonyl (C=O) groups excluding carboxylic acids is 3. The molecule has 0 aliphatic carbocycles. The highest BCUT2D eigenvalue weighted by molar-refractivity contribution is 5.91. The van der Waals surface area contributed by atoms with Crippen LogP contribution in [-0.4, -0.2) is 36.0 Å². The average Bonchev–Trinajstić information content (AvgIpc) is 2.69. The third kappa shape index (κ3) is 6.62.